The van der Waals surface area contributed by atoms with Crippen molar-refractivity contribution >= 4 is 23.6 Å². The number of hydrogen-bond acceptors (Lipinski definition) is 5. The zero-order valence-corrected chi connectivity index (χ0v) is 21.6. The molecule has 2 heterocycles. The maximum absolute atomic E-state index is 13.7. The van der Waals surface area contributed by atoms with Gasteiger partial charge in [-0.1, -0.05) is 36.4 Å². The first kappa shape index (κ1) is 25.3. The molecule has 38 heavy (non-hydrogen) atoms. The van der Waals surface area contributed by atoms with Crippen LogP contribution >= 0.6 is 0 Å². The Morgan fingerprint density at radius 1 is 0.974 bits per heavy atom. The SMILES string of the molecule is COc1ccc(C(=O)Nc2ccc(C3OC(=O)N(Cc4ccccc4C)C3C(=O)N3CCCC3)cc2)cc1. The van der Waals surface area contributed by atoms with Crippen LogP contribution < -0.4 is 10.1 Å². The van der Waals surface area contributed by atoms with Gasteiger partial charge in [0.05, 0.1) is 13.7 Å². The minimum absolute atomic E-state index is 0.0937. The van der Waals surface area contributed by atoms with Gasteiger partial charge in [0.2, 0.25) is 5.91 Å². The smallest absolute Gasteiger partial charge is 0.411 e. The van der Waals surface area contributed by atoms with Gasteiger partial charge in [-0.05, 0) is 72.9 Å². The predicted molar refractivity (Wildman–Crippen MR) is 143 cm³/mol. The molecule has 1 N–H and O–H groups in total. The Bertz CT molecular complexity index is 1320. The van der Waals surface area contributed by atoms with Gasteiger partial charge in [0.1, 0.15) is 5.75 Å². The minimum atomic E-state index is -0.764. The average molecular weight is 514 g/mol. The summed E-state index contributed by atoms with van der Waals surface area (Å²) in [4.78, 5) is 42.8. The number of amides is 3. The lowest BCUT2D eigenvalue weighted by molar-refractivity contribution is -0.135. The summed E-state index contributed by atoms with van der Waals surface area (Å²) in [5.74, 6) is 0.328. The fourth-order valence-corrected chi connectivity index (χ4v) is 4.99. The van der Waals surface area contributed by atoms with Gasteiger partial charge in [-0.3, -0.25) is 14.5 Å². The van der Waals surface area contributed by atoms with Crippen molar-refractivity contribution in [1.29, 1.82) is 0 Å². The second-order valence-corrected chi connectivity index (χ2v) is 9.64. The van der Waals surface area contributed by atoms with Crippen LogP contribution in [0.15, 0.2) is 72.8 Å². The molecule has 0 bridgehead atoms. The molecule has 2 saturated heterocycles. The van der Waals surface area contributed by atoms with E-state index >= 15 is 0 Å². The number of ether oxygens (including phenoxy) is 2. The normalized spacial score (nSPS) is 18.8. The van der Waals surface area contributed by atoms with Crippen LogP contribution in [0.4, 0.5) is 10.5 Å². The maximum atomic E-state index is 13.7. The van der Waals surface area contributed by atoms with Gasteiger partial charge in [0.15, 0.2) is 12.1 Å². The van der Waals surface area contributed by atoms with E-state index in [0.717, 1.165) is 24.0 Å². The summed E-state index contributed by atoms with van der Waals surface area (Å²) in [7, 11) is 1.57. The Balaban J connectivity index is 1.37. The first-order valence-electron chi connectivity index (χ1n) is 12.8. The van der Waals surface area contributed by atoms with Crippen LogP contribution in [-0.4, -0.2) is 53.9 Å². The molecule has 8 nitrogen and oxygen atoms in total. The molecule has 0 saturated carbocycles. The van der Waals surface area contributed by atoms with E-state index in [2.05, 4.69) is 5.32 Å². The number of methoxy groups -OCH3 is 1. The second-order valence-electron chi connectivity index (χ2n) is 9.64. The van der Waals surface area contributed by atoms with Crippen molar-refractivity contribution in [3.63, 3.8) is 0 Å². The summed E-state index contributed by atoms with van der Waals surface area (Å²) >= 11 is 0. The highest BCUT2D eigenvalue weighted by atomic mass is 16.6. The molecule has 2 aliphatic rings. The summed E-state index contributed by atoms with van der Waals surface area (Å²) in [5.41, 5.74) is 3.82. The zero-order chi connectivity index (χ0) is 26.6. The molecule has 0 spiro atoms. The van der Waals surface area contributed by atoms with Gasteiger partial charge in [-0.15, -0.1) is 0 Å². The summed E-state index contributed by atoms with van der Waals surface area (Å²) in [6, 6.07) is 21.0. The highest BCUT2D eigenvalue weighted by molar-refractivity contribution is 6.04. The standard InChI is InChI=1S/C30H31N3O5/c1-20-7-3-4-8-23(20)19-33-26(29(35)32-17-5-6-18-32)27(38-30(33)36)21-9-13-24(14-10-21)31-28(34)22-11-15-25(37-2)16-12-22/h3-4,7-16,26-27H,5-6,17-19H2,1-2H3,(H,31,34). The number of anilines is 1. The van der Waals surface area contributed by atoms with Crippen LogP contribution in [0.3, 0.4) is 0 Å². The molecule has 5 rings (SSSR count). The van der Waals surface area contributed by atoms with Crippen LogP contribution in [0, 0.1) is 6.92 Å². The van der Waals surface area contributed by atoms with Gasteiger partial charge in [0.25, 0.3) is 5.91 Å². The Labute approximate surface area is 222 Å². The molecule has 0 aliphatic carbocycles. The molecule has 0 radical (unpaired) electrons. The van der Waals surface area contributed by atoms with Crippen LogP contribution in [-0.2, 0) is 16.1 Å². The number of carbonyl (C=O) groups is 3. The van der Waals surface area contributed by atoms with E-state index in [0.29, 0.717) is 42.2 Å². The van der Waals surface area contributed by atoms with Gasteiger partial charge >= 0.3 is 6.09 Å². The number of benzene rings is 3. The van der Waals surface area contributed by atoms with Gasteiger partial charge in [-0.25, -0.2) is 4.79 Å². The first-order chi connectivity index (χ1) is 18.4. The molecule has 0 aromatic heterocycles. The van der Waals surface area contributed by atoms with E-state index in [9.17, 15) is 14.4 Å². The maximum Gasteiger partial charge on any atom is 0.411 e. The number of hydrogen-bond donors (Lipinski definition) is 1. The lowest BCUT2D eigenvalue weighted by Crippen LogP contribution is -2.47. The zero-order valence-electron chi connectivity index (χ0n) is 21.6. The molecular weight excluding hydrogens is 482 g/mol. The Kier molecular flexibility index (Phi) is 7.31. The third-order valence-corrected chi connectivity index (χ3v) is 7.21. The fraction of sp³-hybridized carbons (Fsp3) is 0.300. The summed E-state index contributed by atoms with van der Waals surface area (Å²) in [6.07, 6.45) is 0.662. The number of nitrogens with zero attached hydrogens (tertiary/aromatic N) is 2. The van der Waals surface area contributed by atoms with Gasteiger partial charge < -0.3 is 19.7 Å². The van der Waals surface area contributed by atoms with Crippen molar-refractivity contribution in [3.05, 3.63) is 95.1 Å². The molecule has 8 heteroatoms. The Morgan fingerprint density at radius 2 is 1.66 bits per heavy atom. The van der Waals surface area contributed by atoms with Crippen molar-refractivity contribution in [2.45, 2.75) is 38.5 Å². The van der Waals surface area contributed by atoms with Crippen LogP contribution in [0.25, 0.3) is 0 Å². The Hall–Kier alpha value is -4.33. The van der Waals surface area contributed by atoms with Crippen molar-refractivity contribution < 1.29 is 23.9 Å². The number of carbonyl (C=O) groups excluding carboxylic acids is 3. The molecule has 2 unspecified atom stereocenters. The highest BCUT2D eigenvalue weighted by Crippen LogP contribution is 2.36. The largest absolute Gasteiger partial charge is 0.497 e. The molecule has 2 aliphatic heterocycles. The fourth-order valence-electron chi connectivity index (χ4n) is 4.99. The molecular formula is C30H31N3O5. The van der Waals surface area contributed by atoms with Gasteiger partial charge in [-0.2, -0.15) is 0 Å². The van der Waals surface area contributed by atoms with Crippen molar-refractivity contribution in [3.8, 4) is 5.75 Å². The molecule has 3 aromatic rings. The number of likely N-dealkylation sites (tertiary alicyclic amines) is 1. The van der Waals surface area contributed by atoms with E-state index in [1.165, 1.54) is 0 Å². The number of aryl methyl sites for hydroxylation is 1. The van der Waals surface area contributed by atoms with Gasteiger partial charge in [0, 0.05) is 24.3 Å². The van der Waals surface area contributed by atoms with Crippen LogP contribution in [0.1, 0.15) is 46.0 Å². The highest BCUT2D eigenvalue weighted by Gasteiger charge is 2.48. The van der Waals surface area contributed by atoms with E-state index in [-0.39, 0.29) is 11.8 Å². The summed E-state index contributed by atoms with van der Waals surface area (Å²) in [6.45, 7) is 3.66. The average Bonchev–Trinajstić information content (AvgIpc) is 3.59. The van der Waals surface area contributed by atoms with Crippen LogP contribution in [0.5, 0.6) is 5.75 Å². The molecule has 3 aromatic carbocycles. The molecule has 2 atom stereocenters. The van der Waals surface area contributed by atoms with E-state index < -0.39 is 18.2 Å². The molecule has 196 valence electrons. The number of nitrogens with one attached hydrogen (secondary N) is 1. The monoisotopic (exact) mass is 513 g/mol. The predicted octanol–water partition coefficient (Wildman–Crippen LogP) is 4.94. The third-order valence-electron chi connectivity index (χ3n) is 7.21. The lowest BCUT2D eigenvalue weighted by atomic mass is 9.99. The summed E-state index contributed by atoms with van der Waals surface area (Å²) < 4.78 is 11.0. The quantitative estimate of drug-likeness (QED) is 0.484. The molecule has 3 amide bonds. The number of cyclic esters (lactones) is 1. The van der Waals surface area contributed by atoms with Crippen molar-refractivity contribution in [2.75, 3.05) is 25.5 Å². The topological polar surface area (TPSA) is 88.2 Å². The van der Waals surface area contributed by atoms with E-state index in [1.54, 1.807) is 60.5 Å². The summed E-state index contributed by atoms with van der Waals surface area (Å²) in [5, 5.41) is 2.88. The van der Waals surface area contributed by atoms with Crippen molar-refractivity contribution in [1.82, 2.24) is 9.80 Å². The van der Waals surface area contributed by atoms with Crippen LogP contribution in [0.2, 0.25) is 0 Å². The lowest BCUT2D eigenvalue weighted by Gasteiger charge is -2.28. The van der Waals surface area contributed by atoms with Crippen molar-refractivity contribution in [2.24, 2.45) is 0 Å². The second kappa shape index (κ2) is 11.0. The minimum Gasteiger partial charge on any atom is -0.497 e. The first-order valence-corrected chi connectivity index (χ1v) is 12.8. The third kappa shape index (κ3) is 5.20. The van der Waals surface area contributed by atoms with E-state index in [1.807, 2.05) is 36.1 Å². The van der Waals surface area contributed by atoms with E-state index in [4.69, 9.17) is 9.47 Å². The Morgan fingerprint density at radius 3 is 2.32 bits per heavy atom. The molecule has 2 fully saturated rings. The number of rotatable bonds is 7.